The summed E-state index contributed by atoms with van der Waals surface area (Å²) in [4.78, 5) is 46.8. The van der Waals surface area contributed by atoms with Crippen LogP contribution in [-0.4, -0.2) is 54.1 Å². The van der Waals surface area contributed by atoms with Gasteiger partial charge in [0, 0.05) is 36.4 Å². The van der Waals surface area contributed by atoms with Gasteiger partial charge >= 0.3 is 0 Å². The van der Waals surface area contributed by atoms with Crippen LogP contribution >= 0.6 is 0 Å². The number of hydrogen-bond donors (Lipinski definition) is 2. The first-order chi connectivity index (χ1) is 24.0. The largest absolute Gasteiger partial charge is 0.488 e. The maximum Gasteiger partial charge on any atom is 0.223 e. The molecule has 3 heterocycles. The standard InChI is InChI=1S/C41H52N6O3/c1-9-12-37(48)46(22-24(4)5)26(7)40-42-21-35(44-40)29-14-16-31-30(18-29)23-50-36-20-32-28(19-33(31)36)15-17-34-39(32)45-41(43-34)27(8)47(25(6)11-3)38(49)13-10-2/h14-21,24-27H,9-13,22-23H2,1-8H3,(H,42,44)(H,43,45)/t25?,26-,27-/m0/s1. The zero-order chi connectivity index (χ0) is 35.7. The highest BCUT2D eigenvalue weighted by atomic mass is 16.5. The Balaban J connectivity index is 1.29. The molecule has 0 spiro atoms. The van der Waals surface area contributed by atoms with Gasteiger partial charge in [-0.2, -0.15) is 0 Å². The van der Waals surface area contributed by atoms with E-state index in [0.29, 0.717) is 31.9 Å². The third kappa shape index (κ3) is 6.74. The van der Waals surface area contributed by atoms with Gasteiger partial charge in [-0.3, -0.25) is 9.59 Å². The van der Waals surface area contributed by atoms with Gasteiger partial charge in [-0.25, -0.2) is 9.97 Å². The predicted octanol–water partition coefficient (Wildman–Crippen LogP) is 9.50. The number of rotatable bonds is 13. The zero-order valence-corrected chi connectivity index (χ0v) is 30.9. The summed E-state index contributed by atoms with van der Waals surface area (Å²) in [6.45, 7) is 17.9. The number of nitrogens with zero attached hydrogens (tertiary/aromatic N) is 4. The predicted molar refractivity (Wildman–Crippen MR) is 201 cm³/mol. The SMILES string of the molecule is CCCC(=O)N(CC(C)C)[C@@H](C)c1ncc(-c2ccc3c(c2)COc2cc4c(ccc5nc([C@H](C)N(C(=O)CCC)C(C)CC)[nH]c54)cc2-3)[nH]1. The fourth-order valence-corrected chi connectivity index (χ4v) is 7.26. The monoisotopic (exact) mass is 676 g/mol. The Labute approximate surface area is 295 Å². The molecule has 2 amide bonds. The van der Waals surface area contributed by atoms with Gasteiger partial charge in [0.05, 0.1) is 35.0 Å². The number of hydrogen-bond acceptors (Lipinski definition) is 5. The van der Waals surface area contributed by atoms with Crippen molar-refractivity contribution in [1.82, 2.24) is 29.7 Å². The third-order valence-corrected chi connectivity index (χ3v) is 10.1. The van der Waals surface area contributed by atoms with E-state index in [0.717, 1.165) is 86.4 Å². The Bertz CT molecular complexity index is 2010. The van der Waals surface area contributed by atoms with Gasteiger partial charge in [-0.15, -0.1) is 0 Å². The minimum Gasteiger partial charge on any atom is -0.488 e. The Morgan fingerprint density at radius 2 is 1.62 bits per heavy atom. The third-order valence-electron chi connectivity index (χ3n) is 10.1. The molecule has 0 saturated heterocycles. The van der Waals surface area contributed by atoms with Crippen molar-refractivity contribution in [3.8, 4) is 28.1 Å². The second kappa shape index (κ2) is 14.7. The summed E-state index contributed by atoms with van der Waals surface area (Å²) in [6.07, 6.45) is 5.47. The van der Waals surface area contributed by atoms with Crippen LogP contribution in [0.25, 0.3) is 44.2 Å². The molecule has 2 aromatic heterocycles. The van der Waals surface area contributed by atoms with E-state index in [4.69, 9.17) is 14.7 Å². The van der Waals surface area contributed by atoms with Crippen molar-refractivity contribution >= 4 is 33.6 Å². The molecule has 50 heavy (non-hydrogen) atoms. The summed E-state index contributed by atoms with van der Waals surface area (Å²) in [7, 11) is 0. The summed E-state index contributed by atoms with van der Waals surface area (Å²) in [5, 5.41) is 2.14. The molecule has 2 N–H and O–H groups in total. The number of benzene rings is 3. The molecule has 0 bridgehead atoms. The number of aromatic nitrogens is 4. The molecule has 0 saturated carbocycles. The molecule has 0 aliphatic carbocycles. The van der Waals surface area contributed by atoms with Gasteiger partial charge in [0.1, 0.15) is 24.0 Å². The molecular formula is C41H52N6O3. The molecule has 264 valence electrons. The summed E-state index contributed by atoms with van der Waals surface area (Å²) in [5.41, 5.74) is 7.10. The van der Waals surface area contributed by atoms with Crippen molar-refractivity contribution in [2.45, 2.75) is 112 Å². The number of carbonyl (C=O) groups excluding carboxylic acids is 2. The highest BCUT2D eigenvalue weighted by molar-refractivity contribution is 6.07. The summed E-state index contributed by atoms with van der Waals surface area (Å²) in [6, 6.07) is 14.8. The van der Waals surface area contributed by atoms with Crippen LogP contribution in [0.15, 0.2) is 48.7 Å². The van der Waals surface area contributed by atoms with E-state index >= 15 is 0 Å². The Kier molecular flexibility index (Phi) is 10.3. The van der Waals surface area contributed by atoms with E-state index in [-0.39, 0.29) is 29.9 Å². The summed E-state index contributed by atoms with van der Waals surface area (Å²) in [5.74, 6) is 3.13. The van der Waals surface area contributed by atoms with Gasteiger partial charge in [0.25, 0.3) is 0 Å². The van der Waals surface area contributed by atoms with Crippen molar-refractivity contribution < 1.29 is 14.3 Å². The second-order valence-corrected chi connectivity index (χ2v) is 14.3. The second-order valence-electron chi connectivity index (χ2n) is 14.3. The maximum atomic E-state index is 13.1. The van der Waals surface area contributed by atoms with E-state index in [1.807, 2.05) is 29.8 Å². The van der Waals surface area contributed by atoms with Crippen molar-refractivity contribution in [3.63, 3.8) is 0 Å². The molecule has 3 aromatic carbocycles. The Hall–Kier alpha value is -4.66. The van der Waals surface area contributed by atoms with Crippen LogP contribution in [0, 0.1) is 5.92 Å². The lowest BCUT2D eigenvalue weighted by atomic mass is 9.92. The van der Waals surface area contributed by atoms with Crippen molar-refractivity contribution in [1.29, 1.82) is 0 Å². The quantitative estimate of drug-likeness (QED) is 0.129. The summed E-state index contributed by atoms with van der Waals surface area (Å²) < 4.78 is 6.40. The van der Waals surface area contributed by atoms with Crippen LogP contribution < -0.4 is 4.74 Å². The topological polar surface area (TPSA) is 107 Å². The number of aromatic amines is 2. The number of ether oxygens (including phenoxy) is 1. The molecular weight excluding hydrogens is 624 g/mol. The van der Waals surface area contributed by atoms with Crippen LogP contribution in [0.4, 0.5) is 0 Å². The summed E-state index contributed by atoms with van der Waals surface area (Å²) >= 11 is 0. The first-order valence-corrected chi connectivity index (χ1v) is 18.4. The lowest BCUT2D eigenvalue weighted by Gasteiger charge is -2.33. The van der Waals surface area contributed by atoms with Gasteiger partial charge in [-0.1, -0.05) is 52.8 Å². The van der Waals surface area contributed by atoms with Crippen LogP contribution in [0.3, 0.4) is 0 Å². The molecule has 9 heteroatoms. The first kappa shape index (κ1) is 35.2. The molecule has 1 unspecified atom stereocenters. The van der Waals surface area contributed by atoms with Crippen LogP contribution in [0.2, 0.25) is 0 Å². The van der Waals surface area contributed by atoms with Crippen LogP contribution in [0.5, 0.6) is 5.75 Å². The average Bonchev–Trinajstić information content (AvgIpc) is 3.78. The van der Waals surface area contributed by atoms with E-state index in [1.165, 1.54) is 0 Å². The highest BCUT2D eigenvalue weighted by Gasteiger charge is 2.28. The van der Waals surface area contributed by atoms with Crippen molar-refractivity contribution in [3.05, 3.63) is 65.9 Å². The minimum absolute atomic E-state index is 0.121. The van der Waals surface area contributed by atoms with Crippen LogP contribution in [-0.2, 0) is 16.2 Å². The smallest absolute Gasteiger partial charge is 0.223 e. The van der Waals surface area contributed by atoms with Gasteiger partial charge < -0.3 is 24.5 Å². The number of carbonyl (C=O) groups is 2. The molecule has 9 nitrogen and oxygen atoms in total. The molecule has 1 aliphatic heterocycles. The van der Waals surface area contributed by atoms with E-state index in [9.17, 15) is 9.59 Å². The van der Waals surface area contributed by atoms with Gasteiger partial charge in [-0.05, 0) is 92.3 Å². The maximum absolute atomic E-state index is 13.1. The fraction of sp³-hybridized carbons (Fsp3) is 0.463. The molecule has 3 atom stereocenters. The number of imidazole rings is 2. The number of fused-ring (bicyclic) bond motifs is 6. The lowest BCUT2D eigenvalue weighted by molar-refractivity contribution is -0.136. The number of amides is 2. The fourth-order valence-electron chi connectivity index (χ4n) is 7.26. The first-order valence-electron chi connectivity index (χ1n) is 18.4. The normalized spacial score (nSPS) is 14.3. The lowest BCUT2D eigenvalue weighted by Crippen LogP contribution is -2.40. The highest BCUT2D eigenvalue weighted by Crippen LogP contribution is 2.43. The molecule has 0 radical (unpaired) electrons. The average molecular weight is 677 g/mol. The minimum atomic E-state index is -0.168. The Morgan fingerprint density at radius 3 is 2.34 bits per heavy atom. The van der Waals surface area contributed by atoms with Gasteiger partial charge in [0.15, 0.2) is 0 Å². The molecule has 6 rings (SSSR count). The van der Waals surface area contributed by atoms with E-state index < -0.39 is 0 Å². The van der Waals surface area contributed by atoms with Crippen molar-refractivity contribution in [2.24, 2.45) is 5.92 Å². The molecule has 5 aromatic rings. The zero-order valence-electron chi connectivity index (χ0n) is 30.9. The van der Waals surface area contributed by atoms with E-state index in [2.05, 4.69) is 94.0 Å². The number of nitrogens with one attached hydrogen (secondary N) is 2. The Morgan fingerprint density at radius 1 is 0.860 bits per heavy atom. The molecule has 1 aliphatic rings. The molecule has 0 fully saturated rings. The van der Waals surface area contributed by atoms with Gasteiger partial charge in [0.2, 0.25) is 11.8 Å². The number of H-pyrrole nitrogens is 2. The van der Waals surface area contributed by atoms with Crippen LogP contribution in [0.1, 0.15) is 117 Å². The van der Waals surface area contributed by atoms with E-state index in [1.54, 1.807) is 0 Å². The van der Waals surface area contributed by atoms with Crippen molar-refractivity contribution in [2.75, 3.05) is 6.54 Å².